The van der Waals surface area contributed by atoms with Crippen LogP contribution in [0.15, 0.2) is 35.3 Å². The van der Waals surface area contributed by atoms with Gasteiger partial charge in [0.05, 0.1) is 10.5 Å². The van der Waals surface area contributed by atoms with Crippen LogP contribution in [0, 0.1) is 5.82 Å². The Morgan fingerprint density at radius 1 is 1.60 bits per heavy atom. The predicted molar refractivity (Wildman–Crippen MR) is 65.3 cm³/mol. The second kappa shape index (κ2) is 6.03. The summed E-state index contributed by atoms with van der Waals surface area (Å²) in [7, 11) is 0. The zero-order valence-electron chi connectivity index (χ0n) is 8.76. The van der Waals surface area contributed by atoms with Crippen molar-refractivity contribution in [1.82, 2.24) is 5.32 Å². The molecule has 1 N–H and O–H groups in total. The van der Waals surface area contributed by atoms with E-state index in [2.05, 4.69) is 34.7 Å². The zero-order chi connectivity index (χ0) is 11.3. The molecule has 0 amide bonds. The third kappa shape index (κ3) is 3.14. The Kier molecular flexibility index (Phi) is 4.99. The fourth-order valence-electron chi connectivity index (χ4n) is 1.38. The van der Waals surface area contributed by atoms with E-state index in [0.29, 0.717) is 4.47 Å². The van der Waals surface area contributed by atoms with E-state index in [9.17, 15) is 4.39 Å². The molecule has 1 nitrogen and oxygen atoms in total. The summed E-state index contributed by atoms with van der Waals surface area (Å²) in [4.78, 5) is 0. The molecule has 0 heterocycles. The van der Waals surface area contributed by atoms with Crippen molar-refractivity contribution >= 4 is 15.9 Å². The largest absolute Gasteiger partial charge is 0.307 e. The summed E-state index contributed by atoms with van der Waals surface area (Å²) >= 11 is 3.25. The number of halogens is 2. The van der Waals surface area contributed by atoms with Crippen LogP contribution in [0.3, 0.4) is 0 Å². The van der Waals surface area contributed by atoms with Crippen LogP contribution in [0.5, 0.6) is 0 Å². The minimum Gasteiger partial charge on any atom is -0.307 e. The summed E-state index contributed by atoms with van der Waals surface area (Å²) in [6.07, 6.45) is 2.83. The van der Waals surface area contributed by atoms with Crippen molar-refractivity contribution < 1.29 is 4.39 Å². The van der Waals surface area contributed by atoms with Crippen LogP contribution in [0.1, 0.15) is 24.9 Å². The Hall–Kier alpha value is -0.670. The van der Waals surface area contributed by atoms with Gasteiger partial charge in [-0.15, -0.1) is 6.58 Å². The van der Waals surface area contributed by atoms with Crippen LogP contribution < -0.4 is 5.32 Å². The van der Waals surface area contributed by atoms with Crippen LogP contribution in [-0.4, -0.2) is 6.54 Å². The quantitative estimate of drug-likeness (QED) is 0.803. The average Bonchev–Trinajstić information content (AvgIpc) is 2.25. The Morgan fingerprint density at radius 2 is 2.33 bits per heavy atom. The van der Waals surface area contributed by atoms with E-state index in [4.69, 9.17) is 0 Å². The molecule has 0 spiro atoms. The molecular formula is C12H15BrFN. The number of hydrogen-bond donors (Lipinski definition) is 1. The first kappa shape index (κ1) is 12.4. The van der Waals surface area contributed by atoms with Gasteiger partial charge < -0.3 is 5.32 Å². The molecule has 1 unspecified atom stereocenters. The lowest BCUT2D eigenvalue weighted by atomic mass is 10.1. The third-order valence-corrected chi connectivity index (χ3v) is 3.00. The summed E-state index contributed by atoms with van der Waals surface area (Å²) in [6.45, 7) is 6.73. The number of benzene rings is 1. The molecule has 1 atom stereocenters. The maximum absolute atomic E-state index is 13.3. The Labute approximate surface area is 98.5 Å². The van der Waals surface area contributed by atoms with E-state index in [1.54, 1.807) is 12.1 Å². The van der Waals surface area contributed by atoms with Crippen LogP contribution in [0.25, 0.3) is 0 Å². The summed E-state index contributed by atoms with van der Waals surface area (Å²) in [5.41, 5.74) is 0.887. The topological polar surface area (TPSA) is 12.0 Å². The first-order chi connectivity index (χ1) is 7.20. The lowest BCUT2D eigenvalue weighted by Crippen LogP contribution is -2.20. The molecule has 1 aromatic rings. The van der Waals surface area contributed by atoms with Crippen molar-refractivity contribution in [1.29, 1.82) is 0 Å². The van der Waals surface area contributed by atoms with Crippen molar-refractivity contribution in [2.24, 2.45) is 0 Å². The third-order valence-electron chi connectivity index (χ3n) is 2.17. The highest BCUT2D eigenvalue weighted by Gasteiger charge is 2.12. The van der Waals surface area contributed by atoms with Crippen LogP contribution in [0.4, 0.5) is 4.39 Å². The van der Waals surface area contributed by atoms with Crippen molar-refractivity contribution in [2.75, 3.05) is 6.54 Å². The van der Waals surface area contributed by atoms with Crippen LogP contribution in [0.2, 0.25) is 0 Å². The highest BCUT2D eigenvalue weighted by molar-refractivity contribution is 9.10. The van der Waals surface area contributed by atoms with Crippen LogP contribution in [-0.2, 0) is 0 Å². The lowest BCUT2D eigenvalue weighted by Gasteiger charge is -2.16. The second-order valence-corrected chi connectivity index (χ2v) is 4.10. The summed E-state index contributed by atoms with van der Waals surface area (Å²) in [6, 6.07) is 5.03. The fourth-order valence-corrected chi connectivity index (χ4v) is 1.89. The van der Waals surface area contributed by atoms with E-state index >= 15 is 0 Å². The van der Waals surface area contributed by atoms with Gasteiger partial charge in [0, 0.05) is 0 Å². The molecule has 0 saturated carbocycles. The number of nitrogens with one attached hydrogen (secondary N) is 1. The summed E-state index contributed by atoms with van der Waals surface area (Å²) in [5.74, 6) is -0.238. The van der Waals surface area contributed by atoms with Gasteiger partial charge in [-0.05, 0) is 40.5 Å². The molecule has 3 heteroatoms. The minimum absolute atomic E-state index is 0.00461. The van der Waals surface area contributed by atoms with Gasteiger partial charge >= 0.3 is 0 Å². The molecular weight excluding hydrogens is 257 g/mol. The smallest absolute Gasteiger partial charge is 0.137 e. The van der Waals surface area contributed by atoms with Gasteiger partial charge in [0.2, 0.25) is 0 Å². The first-order valence-corrected chi connectivity index (χ1v) is 5.79. The fraction of sp³-hybridized carbons (Fsp3) is 0.333. The van der Waals surface area contributed by atoms with E-state index in [1.165, 1.54) is 6.07 Å². The van der Waals surface area contributed by atoms with Gasteiger partial charge in [-0.1, -0.05) is 25.1 Å². The van der Waals surface area contributed by atoms with E-state index in [1.807, 2.05) is 6.07 Å². The first-order valence-electron chi connectivity index (χ1n) is 5.00. The van der Waals surface area contributed by atoms with E-state index < -0.39 is 0 Å². The molecule has 0 fully saturated rings. The Bertz CT molecular complexity index is 338. The van der Waals surface area contributed by atoms with Crippen molar-refractivity contribution in [3.8, 4) is 0 Å². The van der Waals surface area contributed by atoms with Crippen molar-refractivity contribution in [2.45, 2.75) is 19.4 Å². The van der Waals surface area contributed by atoms with E-state index in [-0.39, 0.29) is 11.9 Å². The van der Waals surface area contributed by atoms with Crippen molar-refractivity contribution in [3.63, 3.8) is 0 Å². The summed E-state index contributed by atoms with van der Waals surface area (Å²) < 4.78 is 13.8. The molecule has 0 aliphatic heterocycles. The highest BCUT2D eigenvalue weighted by Crippen LogP contribution is 2.26. The van der Waals surface area contributed by atoms with Gasteiger partial charge in [0.25, 0.3) is 0 Å². The number of hydrogen-bond acceptors (Lipinski definition) is 1. The SMILES string of the molecule is C=CC(NCCC)c1cccc(F)c1Br. The normalized spacial score (nSPS) is 12.5. The molecule has 0 saturated heterocycles. The molecule has 82 valence electrons. The molecule has 0 aliphatic rings. The standard InChI is InChI=1S/C12H15BrFN/c1-3-8-15-11(4-2)9-6-5-7-10(14)12(9)13/h4-7,11,15H,2-3,8H2,1H3. The highest BCUT2D eigenvalue weighted by atomic mass is 79.9. The number of rotatable bonds is 5. The zero-order valence-corrected chi connectivity index (χ0v) is 10.3. The monoisotopic (exact) mass is 271 g/mol. The molecule has 0 bridgehead atoms. The Balaban J connectivity index is 2.91. The van der Waals surface area contributed by atoms with Gasteiger partial charge in [-0.25, -0.2) is 4.39 Å². The minimum atomic E-state index is -0.238. The van der Waals surface area contributed by atoms with Gasteiger partial charge in [0.1, 0.15) is 5.82 Å². The second-order valence-electron chi connectivity index (χ2n) is 3.31. The summed E-state index contributed by atoms with van der Waals surface area (Å²) in [5, 5.41) is 3.29. The Morgan fingerprint density at radius 3 is 2.93 bits per heavy atom. The van der Waals surface area contributed by atoms with Crippen molar-refractivity contribution in [3.05, 3.63) is 46.7 Å². The van der Waals surface area contributed by atoms with Gasteiger partial charge in [0.15, 0.2) is 0 Å². The molecule has 15 heavy (non-hydrogen) atoms. The molecule has 0 radical (unpaired) electrons. The molecule has 0 aromatic heterocycles. The maximum atomic E-state index is 13.3. The van der Waals surface area contributed by atoms with Gasteiger partial charge in [-0.3, -0.25) is 0 Å². The average molecular weight is 272 g/mol. The lowest BCUT2D eigenvalue weighted by molar-refractivity contribution is 0.589. The predicted octanol–water partition coefficient (Wildman–Crippen LogP) is 3.81. The van der Waals surface area contributed by atoms with Gasteiger partial charge in [-0.2, -0.15) is 0 Å². The molecule has 0 aliphatic carbocycles. The molecule has 1 aromatic carbocycles. The van der Waals surface area contributed by atoms with Crippen LogP contribution >= 0.6 is 15.9 Å². The molecule has 1 rings (SSSR count). The maximum Gasteiger partial charge on any atom is 0.137 e. The van der Waals surface area contributed by atoms with E-state index in [0.717, 1.165) is 18.5 Å².